The van der Waals surface area contributed by atoms with Crippen LogP contribution in [0.1, 0.15) is 24.0 Å². The SMILES string of the molecule is COc1ccccc1NC(=O)N1CCC(CNS(=O)(=O)Cc2cccc(C)c2)CC1. The minimum Gasteiger partial charge on any atom is -0.495 e. The number of benzene rings is 2. The van der Waals surface area contributed by atoms with Gasteiger partial charge in [-0.2, -0.15) is 0 Å². The lowest BCUT2D eigenvalue weighted by Gasteiger charge is -2.32. The molecule has 0 radical (unpaired) electrons. The third-order valence-corrected chi connectivity index (χ3v) is 6.60. The highest BCUT2D eigenvalue weighted by atomic mass is 32.2. The number of carbonyl (C=O) groups excluding carboxylic acids is 1. The highest BCUT2D eigenvalue weighted by molar-refractivity contribution is 7.88. The summed E-state index contributed by atoms with van der Waals surface area (Å²) >= 11 is 0. The molecule has 0 atom stereocenters. The number of aryl methyl sites for hydroxylation is 1. The minimum absolute atomic E-state index is 0.0190. The zero-order valence-corrected chi connectivity index (χ0v) is 18.2. The molecule has 2 aromatic rings. The Balaban J connectivity index is 1.45. The van der Waals surface area contributed by atoms with E-state index < -0.39 is 10.0 Å². The molecular formula is C22H29N3O4S. The van der Waals surface area contributed by atoms with E-state index in [2.05, 4.69) is 10.0 Å². The number of methoxy groups -OCH3 is 1. The number of amides is 2. The van der Waals surface area contributed by atoms with E-state index in [9.17, 15) is 13.2 Å². The fourth-order valence-corrected chi connectivity index (χ4v) is 4.81. The summed E-state index contributed by atoms with van der Waals surface area (Å²) < 4.78 is 32.8. The van der Waals surface area contributed by atoms with Gasteiger partial charge in [0.05, 0.1) is 18.6 Å². The van der Waals surface area contributed by atoms with Gasteiger partial charge in [-0.25, -0.2) is 17.9 Å². The van der Waals surface area contributed by atoms with Crippen LogP contribution in [0.2, 0.25) is 0 Å². The van der Waals surface area contributed by atoms with E-state index in [4.69, 9.17) is 4.74 Å². The zero-order chi connectivity index (χ0) is 21.6. The van der Waals surface area contributed by atoms with Gasteiger partial charge in [-0.15, -0.1) is 0 Å². The molecule has 0 bridgehead atoms. The van der Waals surface area contributed by atoms with Crippen molar-refractivity contribution in [3.63, 3.8) is 0 Å². The molecule has 0 aliphatic carbocycles. The monoisotopic (exact) mass is 431 g/mol. The Labute approximate surface area is 178 Å². The first-order valence-corrected chi connectivity index (χ1v) is 11.7. The summed E-state index contributed by atoms with van der Waals surface area (Å²) in [7, 11) is -1.82. The number of hydrogen-bond acceptors (Lipinski definition) is 4. The number of likely N-dealkylation sites (tertiary alicyclic amines) is 1. The number of ether oxygens (including phenoxy) is 1. The van der Waals surface area contributed by atoms with Crippen molar-refractivity contribution in [3.05, 3.63) is 59.7 Å². The normalized spacial score (nSPS) is 15.1. The summed E-state index contributed by atoms with van der Waals surface area (Å²) in [5.74, 6) is 0.811. The van der Waals surface area contributed by atoms with Gasteiger partial charge in [0.1, 0.15) is 5.75 Å². The van der Waals surface area contributed by atoms with Gasteiger partial charge in [0.2, 0.25) is 10.0 Å². The summed E-state index contributed by atoms with van der Waals surface area (Å²) in [5, 5.41) is 2.88. The zero-order valence-electron chi connectivity index (χ0n) is 17.4. The number of carbonyl (C=O) groups is 1. The highest BCUT2D eigenvalue weighted by Gasteiger charge is 2.24. The summed E-state index contributed by atoms with van der Waals surface area (Å²) in [6.07, 6.45) is 1.51. The first-order valence-electron chi connectivity index (χ1n) is 10.1. The van der Waals surface area contributed by atoms with Gasteiger partial charge in [-0.05, 0) is 43.4 Å². The van der Waals surface area contributed by atoms with E-state index in [1.807, 2.05) is 43.3 Å². The van der Waals surface area contributed by atoms with Crippen LogP contribution in [0.25, 0.3) is 0 Å². The number of piperidine rings is 1. The number of nitrogens with zero attached hydrogens (tertiary/aromatic N) is 1. The lowest BCUT2D eigenvalue weighted by atomic mass is 9.97. The van der Waals surface area contributed by atoms with Crippen LogP contribution in [0.5, 0.6) is 5.75 Å². The van der Waals surface area contributed by atoms with Crippen molar-refractivity contribution in [2.75, 3.05) is 32.1 Å². The van der Waals surface area contributed by atoms with E-state index in [0.29, 0.717) is 31.1 Å². The summed E-state index contributed by atoms with van der Waals surface area (Å²) in [6.45, 7) is 3.52. The molecule has 30 heavy (non-hydrogen) atoms. The lowest BCUT2D eigenvalue weighted by molar-refractivity contribution is 0.183. The van der Waals surface area contributed by atoms with Crippen molar-refractivity contribution in [1.29, 1.82) is 0 Å². The lowest BCUT2D eigenvalue weighted by Crippen LogP contribution is -2.43. The fraction of sp³-hybridized carbons (Fsp3) is 0.409. The average Bonchev–Trinajstić information content (AvgIpc) is 2.73. The van der Waals surface area contributed by atoms with E-state index >= 15 is 0 Å². The standard InChI is InChI=1S/C22H29N3O4S/c1-17-6-5-7-19(14-17)16-30(27,28)23-15-18-10-12-25(13-11-18)22(26)24-20-8-3-4-9-21(20)29-2/h3-9,14,18,23H,10-13,15-16H2,1-2H3,(H,24,26). The van der Waals surface area contributed by atoms with Crippen LogP contribution >= 0.6 is 0 Å². The van der Waals surface area contributed by atoms with Crippen molar-refractivity contribution in [3.8, 4) is 5.75 Å². The molecule has 8 heteroatoms. The molecule has 2 amide bonds. The van der Waals surface area contributed by atoms with Crippen LogP contribution in [-0.2, 0) is 15.8 Å². The van der Waals surface area contributed by atoms with Crippen molar-refractivity contribution < 1.29 is 17.9 Å². The Morgan fingerprint density at radius 2 is 1.87 bits per heavy atom. The number of para-hydroxylation sites is 2. The number of urea groups is 1. The Morgan fingerprint density at radius 3 is 2.57 bits per heavy atom. The third kappa shape index (κ3) is 6.21. The molecule has 1 fully saturated rings. The third-order valence-electron chi connectivity index (χ3n) is 5.28. The number of rotatable bonds is 7. The summed E-state index contributed by atoms with van der Waals surface area (Å²) in [6, 6.07) is 14.6. The highest BCUT2D eigenvalue weighted by Crippen LogP contribution is 2.24. The number of sulfonamides is 1. The minimum atomic E-state index is -3.39. The molecule has 1 aliphatic rings. The Hall–Kier alpha value is -2.58. The molecular weight excluding hydrogens is 402 g/mol. The molecule has 1 aliphatic heterocycles. The predicted molar refractivity (Wildman–Crippen MR) is 118 cm³/mol. The molecule has 2 N–H and O–H groups in total. The molecule has 0 unspecified atom stereocenters. The van der Waals surface area contributed by atoms with Crippen molar-refractivity contribution >= 4 is 21.7 Å². The molecule has 162 valence electrons. The van der Waals surface area contributed by atoms with Crippen LogP contribution in [-0.4, -0.2) is 46.1 Å². The maximum atomic E-state index is 12.5. The Bertz CT molecular complexity index is 970. The maximum Gasteiger partial charge on any atom is 0.321 e. The molecule has 1 heterocycles. The van der Waals surface area contributed by atoms with Crippen LogP contribution in [0.4, 0.5) is 10.5 Å². The predicted octanol–water partition coefficient (Wildman–Crippen LogP) is 3.37. The van der Waals surface area contributed by atoms with Gasteiger partial charge in [0.15, 0.2) is 0 Å². The second-order valence-electron chi connectivity index (χ2n) is 7.66. The Morgan fingerprint density at radius 1 is 1.13 bits per heavy atom. The van der Waals surface area contributed by atoms with Crippen LogP contribution < -0.4 is 14.8 Å². The molecule has 3 rings (SSSR count). The van der Waals surface area contributed by atoms with E-state index in [1.54, 1.807) is 24.1 Å². The maximum absolute atomic E-state index is 12.5. The van der Waals surface area contributed by atoms with E-state index in [-0.39, 0.29) is 17.7 Å². The largest absolute Gasteiger partial charge is 0.495 e. The second-order valence-corrected chi connectivity index (χ2v) is 9.46. The number of nitrogens with one attached hydrogen (secondary N) is 2. The first-order chi connectivity index (χ1) is 14.4. The van der Waals surface area contributed by atoms with Crippen LogP contribution in [0.3, 0.4) is 0 Å². The van der Waals surface area contributed by atoms with Gasteiger partial charge in [0, 0.05) is 19.6 Å². The van der Waals surface area contributed by atoms with Gasteiger partial charge < -0.3 is 15.0 Å². The van der Waals surface area contributed by atoms with Gasteiger partial charge in [-0.1, -0.05) is 42.0 Å². The van der Waals surface area contributed by atoms with Gasteiger partial charge in [0.25, 0.3) is 0 Å². The smallest absolute Gasteiger partial charge is 0.321 e. The molecule has 0 spiro atoms. The summed E-state index contributed by atoms with van der Waals surface area (Å²) in [4.78, 5) is 14.3. The van der Waals surface area contributed by atoms with Gasteiger partial charge in [-0.3, -0.25) is 0 Å². The molecule has 2 aromatic carbocycles. The van der Waals surface area contributed by atoms with Gasteiger partial charge >= 0.3 is 6.03 Å². The average molecular weight is 432 g/mol. The number of hydrogen-bond donors (Lipinski definition) is 2. The topological polar surface area (TPSA) is 87.7 Å². The van der Waals surface area contributed by atoms with Crippen molar-refractivity contribution in [2.24, 2.45) is 5.92 Å². The van der Waals surface area contributed by atoms with Crippen molar-refractivity contribution in [2.45, 2.75) is 25.5 Å². The van der Waals surface area contributed by atoms with Crippen LogP contribution in [0, 0.1) is 12.8 Å². The molecule has 0 saturated carbocycles. The molecule has 0 aromatic heterocycles. The van der Waals surface area contributed by atoms with E-state index in [1.165, 1.54) is 0 Å². The molecule has 7 nitrogen and oxygen atoms in total. The van der Waals surface area contributed by atoms with E-state index in [0.717, 1.165) is 24.0 Å². The van der Waals surface area contributed by atoms with Crippen LogP contribution in [0.15, 0.2) is 48.5 Å². The molecule has 1 saturated heterocycles. The summed E-state index contributed by atoms with van der Waals surface area (Å²) in [5.41, 5.74) is 2.46. The first kappa shape index (κ1) is 22.1. The second kappa shape index (κ2) is 9.95. The quantitative estimate of drug-likeness (QED) is 0.704. The fourth-order valence-electron chi connectivity index (χ4n) is 3.60. The van der Waals surface area contributed by atoms with Crippen molar-refractivity contribution in [1.82, 2.24) is 9.62 Å². The Kier molecular flexibility index (Phi) is 7.33. The number of anilines is 1.